The van der Waals surface area contributed by atoms with Crippen LogP contribution in [0, 0.1) is 0 Å². The number of fused-ring (bicyclic) bond motifs is 2. The molecule has 20 heavy (non-hydrogen) atoms. The van der Waals surface area contributed by atoms with Crippen LogP contribution in [0.3, 0.4) is 0 Å². The molecule has 1 heterocycles. The molecule has 3 nitrogen and oxygen atoms in total. The van der Waals surface area contributed by atoms with Crippen LogP contribution in [-0.2, 0) is 12.8 Å². The number of ether oxygens (including phenoxy) is 1. The predicted octanol–water partition coefficient (Wildman–Crippen LogP) is 3.43. The highest BCUT2D eigenvalue weighted by atomic mass is 16.5. The molecule has 0 saturated heterocycles. The number of aryl methyl sites for hydroxylation is 1. The van der Waals surface area contributed by atoms with Crippen molar-refractivity contribution in [1.29, 1.82) is 0 Å². The van der Waals surface area contributed by atoms with Crippen molar-refractivity contribution in [2.75, 3.05) is 11.9 Å². The van der Waals surface area contributed by atoms with Crippen LogP contribution in [0.2, 0.25) is 0 Å². The summed E-state index contributed by atoms with van der Waals surface area (Å²) in [5, 5.41) is 13.2. The summed E-state index contributed by atoms with van der Waals surface area (Å²) in [5.41, 5.74) is 5.01. The molecule has 0 amide bonds. The van der Waals surface area contributed by atoms with Crippen molar-refractivity contribution in [3.05, 3.63) is 53.1 Å². The van der Waals surface area contributed by atoms with Gasteiger partial charge in [-0.3, -0.25) is 0 Å². The molecule has 2 aromatic rings. The molecule has 0 saturated carbocycles. The quantitative estimate of drug-likeness (QED) is 0.876. The van der Waals surface area contributed by atoms with Gasteiger partial charge < -0.3 is 15.2 Å². The third-order valence-electron chi connectivity index (χ3n) is 4.23. The zero-order valence-electron chi connectivity index (χ0n) is 11.2. The second-order valence-electron chi connectivity index (χ2n) is 5.54. The van der Waals surface area contributed by atoms with Gasteiger partial charge in [0.2, 0.25) is 0 Å². The number of hydrogen-bond donors (Lipinski definition) is 2. The summed E-state index contributed by atoms with van der Waals surface area (Å²) in [6.07, 6.45) is 3.10. The molecule has 1 unspecified atom stereocenters. The predicted molar refractivity (Wildman–Crippen MR) is 78.4 cm³/mol. The minimum Gasteiger partial charge on any atom is -0.508 e. The number of aromatic hydroxyl groups is 1. The Morgan fingerprint density at radius 2 is 2.00 bits per heavy atom. The summed E-state index contributed by atoms with van der Waals surface area (Å²) < 4.78 is 5.54. The second-order valence-corrected chi connectivity index (χ2v) is 5.54. The molecule has 0 aromatic heterocycles. The lowest BCUT2D eigenvalue weighted by atomic mass is 10.1. The number of hydrogen-bond acceptors (Lipinski definition) is 3. The third-order valence-corrected chi connectivity index (χ3v) is 4.23. The average Bonchev–Trinajstić information content (AvgIpc) is 3.05. The number of nitrogens with one attached hydrogen (secondary N) is 1. The van der Waals surface area contributed by atoms with Gasteiger partial charge in [-0.2, -0.15) is 0 Å². The van der Waals surface area contributed by atoms with Crippen molar-refractivity contribution in [2.45, 2.75) is 25.3 Å². The Labute approximate surface area is 118 Å². The first kappa shape index (κ1) is 11.6. The maximum atomic E-state index is 9.54. The monoisotopic (exact) mass is 267 g/mol. The van der Waals surface area contributed by atoms with E-state index in [-0.39, 0.29) is 0 Å². The van der Waals surface area contributed by atoms with Gasteiger partial charge in [0.05, 0.1) is 12.6 Å². The number of phenols is 1. The standard InChI is InChI=1S/C17H17NO2/c19-14-3-4-15-11(10-14)1-5-16(15)18-13-2-6-17-12(9-13)7-8-20-17/h2-4,6,9-10,16,18-19H,1,5,7-8H2. The highest BCUT2D eigenvalue weighted by molar-refractivity contribution is 5.55. The van der Waals surface area contributed by atoms with Gasteiger partial charge in [-0.15, -0.1) is 0 Å². The number of anilines is 1. The molecule has 4 rings (SSSR count). The van der Waals surface area contributed by atoms with E-state index in [2.05, 4.69) is 23.5 Å². The van der Waals surface area contributed by atoms with Crippen molar-refractivity contribution < 1.29 is 9.84 Å². The fourth-order valence-electron chi connectivity index (χ4n) is 3.23. The topological polar surface area (TPSA) is 41.5 Å². The highest BCUT2D eigenvalue weighted by Crippen LogP contribution is 2.36. The third kappa shape index (κ3) is 1.90. The van der Waals surface area contributed by atoms with E-state index in [9.17, 15) is 5.11 Å². The van der Waals surface area contributed by atoms with Gasteiger partial charge in [0.1, 0.15) is 11.5 Å². The van der Waals surface area contributed by atoms with Gasteiger partial charge in [-0.1, -0.05) is 6.07 Å². The van der Waals surface area contributed by atoms with E-state index in [1.807, 2.05) is 12.1 Å². The largest absolute Gasteiger partial charge is 0.508 e. The number of rotatable bonds is 2. The van der Waals surface area contributed by atoms with Crippen LogP contribution in [0.1, 0.15) is 29.2 Å². The first-order chi connectivity index (χ1) is 9.79. The molecule has 0 spiro atoms. The summed E-state index contributed by atoms with van der Waals surface area (Å²) in [6.45, 7) is 0.796. The minimum atomic E-state index is 0.339. The molecule has 3 heteroatoms. The smallest absolute Gasteiger partial charge is 0.122 e. The van der Waals surface area contributed by atoms with Gasteiger partial charge in [0.25, 0.3) is 0 Å². The lowest BCUT2D eigenvalue weighted by Crippen LogP contribution is -2.07. The first-order valence-corrected chi connectivity index (χ1v) is 7.14. The van der Waals surface area contributed by atoms with Gasteiger partial charge in [-0.05, 0) is 59.9 Å². The normalized spacial score (nSPS) is 19.3. The van der Waals surface area contributed by atoms with Gasteiger partial charge in [0.15, 0.2) is 0 Å². The average molecular weight is 267 g/mol. The van der Waals surface area contributed by atoms with Gasteiger partial charge in [-0.25, -0.2) is 0 Å². The minimum absolute atomic E-state index is 0.339. The first-order valence-electron chi connectivity index (χ1n) is 7.14. The molecule has 102 valence electrons. The molecule has 2 aromatic carbocycles. The summed E-state index contributed by atoms with van der Waals surface area (Å²) in [4.78, 5) is 0. The van der Waals surface area contributed by atoms with Crippen molar-refractivity contribution in [2.24, 2.45) is 0 Å². The summed E-state index contributed by atoms with van der Waals surface area (Å²) in [7, 11) is 0. The van der Waals surface area contributed by atoms with Crippen molar-refractivity contribution in [3.63, 3.8) is 0 Å². The number of benzene rings is 2. The molecule has 1 aliphatic heterocycles. The van der Waals surface area contributed by atoms with Crippen LogP contribution >= 0.6 is 0 Å². The molecule has 1 atom stereocenters. The Morgan fingerprint density at radius 1 is 1.05 bits per heavy atom. The Kier molecular flexibility index (Phi) is 2.59. The fourth-order valence-corrected chi connectivity index (χ4v) is 3.23. The molecule has 0 bridgehead atoms. The zero-order chi connectivity index (χ0) is 13.5. The van der Waals surface area contributed by atoms with E-state index in [1.165, 1.54) is 16.7 Å². The Hall–Kier alpha value is -2.16. The Bertz CT molecular complexity index is 666. The van der Waals surface area contributed by atoms with Crippen LogP contribution in [0.15, 0.2) is 36.4 Å². The summed E-state index contributed by atoms with van der Waals surface area (Å²) >= 11 is 0. The molecule has 0 fully saturated rings. The molecular weight excluding hydrogens is 250 g/mol. The van der Waals surface area contributed by atoms with E-state index >= 15 is 0 Å². The van der Waals surface area contributed by atoms with E-state index in [0.29, 0.717) is 11.8 Å². The lowest BCUT2D eigenvalue weighted by molar-refractivity contribution is 0.357. The van der Waals surface area contributed by atoms with Crippen LogP contribution < -0.4 is 10.1 Å². The van der Waals surface area contributed by atoms with Crippen LogP contribution in [-0.4, -0.2) is 11.7 Å². The van der Waals surface area contributed by atoms with Crippen molar-refractivity contribution in [1.82, 2.24) is 0 Å². The SMILES string of the molecule is Oc1ccc2c(c1)CCC2Nc1ccc2c(c1)CCO2. The van der Waals surface area contributed by atoms with Crippen LogP contribution in [0.4, 0.5) is 5.69 Å². The maximum Gasteiger partial charge on any atom is 0.122 e. The summed E-state index contributed by atoms with van der Waals surface area (Å²) in [6, 6.07) is 12.4. The summed E-state index contributed by atoms with van der Waals surface area (Å²) in [5.74, 6) is 1.38. The molecule has 2 aliphatic rings. The molecule has 2 N–H and O–H groups in total. The maximum absolute atomic E-state index is 9.54. The van der Waals surface area contributed by atoms with Crippen LogP contribution in [0.5, 0.6) is 11.5 Å². The van der Waals surface area contributed by atoms with E-state index in [0.717, 1.165) is 37.3 Å². The van der Waals surface area contributed by atoms with Crippen molar-refractivity contribution in [3.8, 4) is 11.5 Å². The van der Waals surface area contributed by atoms with Crippen LogP contribution in [0.25, 0.3) is 0 Å². The molecule has 1 aliphatic carbocycles. The molecular formula is C17H17NO2. The van der Waals surface area contributed by atoms with Gasteiger partial charge >= 0.3 is 0 Å². The Balaban J connectivity index is 1.59. The lowest BCUT2D eigenvalue weighted by Gasteiger charge is -2.16. The van der Waals surface area contributed by atoms with E-state index < -0.39 is 0 Å². The fraction of sp³-hybridized carbons (Fsp3) is 0.294. The highest BCUT2D eigenvalue weighted by Gasteiger charge is 2.23. The van der Waals surface area contributed by atoms with Gasteiger partial charge in [0, 0.05) is 12.1 Å². The zero-order valence-corrected chi connectivity index (χ0v) is 11.2. The Morgan fingerprint density at radius 3 is 2.95 bits per heavy atom. The van der Waals surface area contributed by atoms with Crippen molar-refractivity contribution >= 4 is 5.69 Å². The van der Waals surface area contributed by atoms with E-state index in [4.69, 9.17) is 4.74 Å². The molecule has 0 radical (unpaired) electrons. The number of phenolic OH excluding ortho intramolecular Hbond substituents is 1. The van der Waals surface area contributed by atoms with E-state index in [1.54, 1.807) is 6.07 Å². The second kappa shape index (κ2) is 4.44.